The maximum atomic E-state index is 6.25. The molecule has 0 radical (unpaired) electrons. The van der Waals surface area contributed by atoms with Gasteiger partial charge in [-0.2, -0.15) is 11.3 Å². The van der Waals surface area contributed by atoms with Gasteiger partial charge < -0.3 is 15.4 Å². The lowest BCUT2D eigenvalue weighted by atomic mass is 10.0. The van der Waals surface area contributed by atoms with E-state index < -0.39 is 0 Å². The third-order valence-corrected chi connectivity index (χ3v) is 5.49. The fourth-order valence-electron chi connectivity index (χ4n) is 3.15. The van der Waals surface area contributed by atoms with Gasteiger partial charge in [-0.3, -0.25) is 4.90 Å². The Kier molecular flexibility index (Phi) is 7.95. The molecule has 2 aromatic rings. The van der Waals surface area contributed by atoms with Crippen LogP contribution < -0.4 is 10.6 Å². The maximum absolute atomic E-state index is 6.25. The Hall–Kier alpha value is -1.60. The average molecular weight is 407 g/mol. The average Bonchev–Trinajstić information content (AvgIpc) is 3.21. The van der Waals surface area contributed by atoms with Gasteiger partial charge in [-0.25, -0.2) is 4.99 Å². The number of guanidine groups is 1. The van der Waals surface area contributed by atoms with E-state index in [0.717, 1.165) is 50.4 Å². The van der Waals surface area contributed by atoms with E-state index in [1.165, 1.54) is 11.1 Å². The third kappa shape index (κ3) is 6.21. The second-order valence-corrected chi connectivity index (χ2v) is 7.64. The summed E-state index contributed by atoms with van der Waals surface area (Å²) >= 11 is 7.95. The Morgan fingerprint density at radius 1 is 1.30 bits per heavy atom. The van der Waals surface area contributed by atoms with Crippen molar-refractivity contribution in [3.8, 4) is 0 Å². The van der Waals surface area contributed by atoms with Crippen LogP contribution in [-0.4, -0.2) is 50.3 Å². The first-order valence-corrected chi connectivity index (χ1v) is 10.7. The molecule has 27 heavy (non-hydrogen) atoms. The Bertz CT molecular complexity index is 717. The summed E-state index contributed by atoms with van der Waals surface area (Å²) in [6, 6.07) is 10.5. The lowest BCUT2D eigenvalue weighted by Gasteiger charge is -2.35. The number of halogens is 1. The van der Waals surface area contributed by atoms with Gasteiger partial charge >= 0.3 is 0 Å². The highest BCUT2D eigenvalue weighted by atomic mass is 35.5. The first-order chi connectivity index (χ1) is 13.3. The summed E-state index contributed by atoms with van der Waals surface area (Å²) in [6.45, 7) is 7.72. The Morgan fingerprint density at radius 3 is 2.85 bits per heavy atom. The van der Waals surface area contributed by atoms with E-state index in [4.69, 9.17) is 21.3 Å². The van der Waals surface area contributed by atoms with Gasteiger partial charge in [0.1, 0.15) is 0 Å². The van der Waals surface area contributed by atoms with Crippen molar-refractivity contribution in [2.24, 2.45) is 4.99 Å². The lowest BCUT2D eigenvalue weighted by molar-refractivity contribution is 0.0170. The fraction of sp³-hybridized carbons (Fsp3) is 0.450. The molecule has 3 rings (SSSR count). The summed E-state index contributed by atoms with van der Waals surface area (Å²) in [5.41, 5.74) is 2.45. The number of morpholine rings is 1. The standard InChI is InChI=1S/C20H27ClN4OS/c1-2-22-20(23-13-16-6-11-27-15-16)24-14-19(25-7-9-26-10-8-25)17-4-3-5-18(21)12-17/h3-6,11-12,15,19H,2,7-10,13-14H2,1H3,(H2,22,23,24). The predicted molar refractivity (Wildman–Crippen MR) is 114 cm³/mol. The van der Waals surface area contributed by atoms with Gasteiger partial charge in [-0.1, -0.05) is 23.7 Å². The summed E-state index contributed by atoms with van der Waals surface area (Å²) < 4.78 is 5.53. The van der Waals surface area contributed by atoms with Crippen molar-refractivity contribution in [2.75, 3.05) is 39.4 Å². The highest BCUT2D eigenvalue weighted by Gasteiger charge is 2.23. The van der Waals surface area contributed by atoms with Crippen molar-refractivity contribution in [3.63, 3.8) is 0 Å². The summed E-state index contributed by atoms with van der Waals surface area (Å²) in [5, 5.41) is 11.8. The number of nitrogens with one attached hydrogen (secondary N) is 2. The monoisotopic (exact) mass is 406 g/mol. The minimum atomic E-state index is 0.220. The molecule has 1 fully saturated rings. The molecule has 0 spiro atoms. The molecule has 146 valence electrons. The van der Waals surface area contributed by atoms with Crippen LogP contribution in [0.1, 0.15) is 24.1 Å². The van der Waals surface area contributed by atoms with Crippen LogP contribution in [0.5, 0.6) is 0 Å². The number of thiophene rings is 1. The number of aliphatic imine (C=N–C) groups is 1. The molecule has 1 aromatic carbocycles. The molecular formula is C20H27ClN4OS. The lowest BCUT2D eigenvalue weighted by Crippen LogP contribution is -2.46. The zero-order chi connectivity index (χ0) is 18.9. The van der Waals surface area contributed by atoms with E-state index in [0.29, 0.717) is 6.54 Å². The number of hydrogen-bond donors (Lipinski definition) is 2. The molecule has 7 heteroatoms. The molecule has 2 N–H and O–H groups in total. The number of nitrogens with zero attached hydrogens (tertiary/aromatic N) is 2. The van der Waals surface area contributed by atoms with Crippen LogP contribution >= 0.6 is 22.9 Å². The molecular weight excluding hydrogens is 380 g/mol. The second-order valence-electron chi connectivity index (χ2n) is 6.43. The number of ether oxygens (including phenoxy) is 1. The van der Waals surface area contributed by atoms with Crippen LogP contribution in [0, 0.1) is 0 Å². The molecule has 1 saturated heterocycles. The van der Waals surface area contributed by atoms with E-state index in [9.17, 15) is 0 Å². The molecule has 0 saturated carbocycles. The van der Waals surface area contributed by atoms with Gasteiger partial charge in [0.15, 0.2) is 5.96 Å². The molecule has 1 aliphatic rings. The largest absolute Gasteiger partial charge is 0.379 e. The van der Waals surface area contributed by atoms with Crippen LogP contribution in [0.15, 0.2) is 46.1 Å². The van der Waals surface area contributed by atoms with E-state index in [-0.39, 0.29) is 6.04 Å². The molecule has 5 nitrogen and oxygen atoms in total. The van der Waals surface area contributed by atoms with Crippen LogP contribution in [0.3, 0.4) is 0 Å². The van der Waals surface area contributed by atoms with E-state index >= 15 is 0 Å². The number of benzene rings is 1. The van der Waals surface area contributed by atoms with Crippen molar-refractivity contribution in [2.45, 2.75) is 19.5 Å². The molecule has 0 aliphatic carbocycles. The van der Waals surface area contributed by atoms with Gasteiger partial charge in [-0.05, 0) is 47.0 Å². The zero-order valence-corrected chi connectivity index (χ0v) is 17.2. The number of hydrogen-bond acceptors (Lipinski definition) is 4. The van der Waals surface area contributed by atoms with Crippen LogP contribution in [0.4, 0.5) is 0 Å². The van der Waals surface area contributed by atoms with Crippen molar-refractivity contribution in [1.82, 2.24) is 15.5 Å². The number of rotatable bonds is 7. The molecule has 1 aliphatic heterocycles. The smallest absolute Gasteiger partial charge is 0.191 e. The summed E-state index contributed by atoms with van der Waals surface area (Å²) in [7, 11) is 0. The normalized spacial score (nSPS) is 16.9. The Balaban J connectivity index is 1.70. The third-order valence-electron chi connectivity index (χ3n) is 4.53. The fourth-order valence-corrected chi connectivity index (χ4v) is 4.01. The van der Waals surface area contributed by atoms with Gasteiger partial charge in [0.25, 0.3) is 0 Å². The van der Waals surface area contributed by atoms with Crippen molar-refractivity contribution >= 4 is 28.9 Å². The van der Waals surface area contributed by atoms with Gasteiger partial charge in [-0.15, -0.1) is 0 Å². The molecule has 1 atom stereocenters. The first-order valence-electron chi connectivity index (χ1n) is 9.36. The topological polar surface area (TPSA) is 48.9 Å². The molecule has 0 amide bonds. The van der Waals surface area contributed by atoms with Crippen LogP contribution in [0.25, 0.3) is 0 Å². The quantitative estimate of drug-likeness (QED) is 0.545. The highest BCUT2D eigenvalue weighted by Crippen LogP contribution is 2.24. The van der Waals surface area contributed by atoms with E-state index in [1.807, 2.05) is 12.1 Å². The SMILES string of the molecule is CCNC(=NCc1ccsc1)NCC(c1cccc(Cl)c1)N1CCOCC1. The maximum Gasteiger partial charge on any atom is 0.191 e. The van der Waals surface area contributed by atoms with Gasteiger partial charge in [0.2, 0.25) is 0 Å². The predicted octanol–water partition coefficient (Wildman–Crippen LogP) is 3.53. The highest BCUT2D eigenvalue weighted by molar-refractivity contribution is 7.07. The zero-order valence-electron chi connectivity index (χ0n) is 15.7. The van der Waals surface area contributed by atoms with Gasteiger partial charge in [0, 0.05) is 31.2 Å². The van der Waals surface area contributed by atoms with Crippen LogP contribution in [0.2, 0.25) is 5.02 Å². The van der Waals surface area contributed by atoms with Crippen molar-refractivity contribution < 1.29 is 4.74 Å². The minimum absolute atomic E-state index is 0.220. The molecule has 2 heterocycles. The Morgan fingerprint density at radius 2 is 2.15 bits per heavy atom. The Labute approximate surface area is 170 Å². The molecule has 1 unspecified atom stereocenters. The first kappa shape index (κ1) is 20.1. The summed E-state index contributed by atoms with van der Waals surface area (Å²) in [5.74, 6) is 0.837. The van der Waals surface area contributed by atoms with E-state index in [2.05, 4.69) is 51.4 Å². The van der Waals surface area contributed by atoms with Gasteiger partial charge in [0.05, 0.1) is 25.8 Å². The van der Waals surface area contributed by atoms with Crippen LogP contribution in [-0.2, 0) is 11.3 Å². The summed E-state index contributed by atoms with van der Waals surface area (Å²) in [6.07, 6.45) is 0. The van der Waals surface area contributed by atoms with Crippen molar-refractivity contribution in [3.05, 3.63) is 57.2 Å². The molecule has 0 bridgehead atoms. The minimum Gasteiger partial charge on any atom is -0.379 e. The second kappa shape index (κ2) is 10.7. The molecule has 1 aromatic heterocycles. The van der Waals surface area contributed by atoms with Crippen molar-refractivity contribution in [1.29, 1.82) is 0 Å². The van der Waals surface area contributed by atoms with E-state index in [1.54, 1.807) is 11.3 Å². The summed E-state index contributed by atoms with van der Waals surface area (Å²) in [4.78, 5) is 7.17.